The molecular weight excluding hydrogens is 651 g/mol. The number of para-hydroxylation sites is 2. The van der Waals surface area contributed by atoms with Crippen LogP contribution in [0.5, 0.6) is 0 Å². The molecule has 1 aliphatic heterocycles. The van der Waals surface area contributed by atoms with E-state index in [-0.39, 0.29) is 0 Å². The second kappa shape index (κ2) is 12.4. The van der Waals surface area contributed by atoms with Crippen molar-refractivity contribution in [2.75, 3.05) is 0 Å². The van der Waals surface area contributed by atoms with Gasteiger partial charge >= 0.3 is 0 Å². The summed E-state index contributed by atoms with van der Waals surface area (Å²) in [4.78, 5) is 0. The number of benzene rings is 8. The number of fused-ring (bicyclic) bond motifs is 8. The van der Waals surface area contributed by atoms with Crippen molar-refractivity contribution in [2.45, 2.75) is 58.3 Å². The molecule has 260 valence electrons. The summed E-state index contributed by atoms with van der Waals surface area (Å²) in [5, 5.41) is 5.19. The summed E-state index contributed by atoms with van der Waals surface area (Å²) in [6.07, 6.45) is 9.81. The first-order chi connectivity index (χ1) is 26.7. The maximum absolute atomic E-state index is 2.60. The molecule has 2 aliphatic carbocycles. The summed E-state index contributed by atoms with van der Waals surface area (Å²) in [5.74, 6) is 0. The molecule has 0 fully saturated rings. The number of aryl methyl sites for hydroxylation is 5. The van der Waals surface area contributed by atoms with E-state index in [0.717, 1.165) is 6.42 Å². The summed E-state index contributed by atoms with van der Waals surface area (Å²) >= 11 is 0. The van der Waals surface area contributed by atoms with E-state index in [2.05, 4.69) is 159 Å². The van der Waals surface area contributed by atoms with E-state index in [1.54, 1.807) is 5.56 Å². The number of nitrogens with zero attached hydrogens (tertiary/aromatic N) is 1. The maximum Gasteiger partial charge on any atom is 0.156 e. The summed E-state index contributed by atoms with van der Waals surface area (Å²) in [5.41, 5.74) is 20.8. The van der Waals surface area contributed by atoms with Crippen molar-refractivity contribution < 1.29 is 0 Å². The van der Waals surface area contributed by atoms with Gasteiger partial charge in [-0.15, -0.1) is 0 Å². The minimum atomic E-state index is 0.574. The average molecular weight is 695 g/mol. The number of hydrogen-bond donors (Lipinski definition) is 0. The van der Waals surface area contributed by atoms with Gasteiger partial charge in [-0.2, -0.15) is 4.48 Å². The van der Waals surface area contributed by atoms with Crippen LogP contribution in [0.15, 0.2) is 152 Å². The number of rotatable bonds is 4. The standard InChI is InChI=1S/C53H44N/c1-35-30-37-14-2-3-15-38(37)31-48(35)46-22-10-12-24-51(46)54(52-25-13-11-23-47(52)50-32-39-16-4-5-17-40(39)34-53(50)54)42-28-26-36(27-29-42)49-33-41-18-6-7-19-43(41)44-20-8-9-21-45(44)49/h6-13,18-34H,2-5,14-17H2,1H3/q+1. The van der Waals surface area contributed by atoms with Crippen LogP contribution in [0.4, 0.5) is 22.7 Å². The van der Waals surface area contributed by atoms with E-state index < -0.39 is 0 Å². The van der Waals surface area contributed by atoms with Crippen molar-refractivity contribution >= 4 is 44.3 Å². The normalized spacial score (nSPS) is 17.2. The molecule has 0 N–H and O–H groups in total. The molecule has 1 heteroatoms. The summed E-state index contributed by atoms with van der Waals surface area (Å²) < 4.78 is 0.574. The molecule has 0 spiro atoms. The molecule has 1 nitrogen and oxygen atoms in total. The van der Waals surface area contributed by atoms with Crippen LogP contribution in [0, 0.1) is 6.92 Å². The zero-order chi connectivity index (χ0) is 35.8. The summed E-state index contributed by atoms with van der Waals surface area (Å²) in [6.45, 7) is 2.33. The minimum absolute atomic E-state index is 0.574. The van der Waals surface area contributed by atoms with Crippen molar-refractivity contribution in [3.8, 4) is 33.4 Å². The van der Waals surface area contributed by atoms with E-state index in [9.17, 15) is 0 Å². The zero-order valence-electron chi connectivity index (χ0n) is 31.0. The van der Waals surface area contributed by atoms with Crippen LogP contribution in [-0.4, -0.2) is 0 Å². The second-order valence-corrected chi connectivity index (χ2v) is 15.9. The monoisotopic (exact) mass is 694 g/mol. The third-order valence-corrected chi connectivity index (χ3v) is 13.0. The lowest BCUT2D eigenvalue weighted by Gasteiger charge is -2.36. The average Bonchev–Trinajstić information content (AvgIpc) is 3.52. The fraction of sp³-hybridized carbons (Fsp3) is 0.170. The SMILES string of the molecule is Cc1cc2c(cc1-c1ccccc1[N+]1(c3ccc(-c4cc5ccccc5c5ccccc45)cc3)c3ccccc3-c3cc4c(cc31)CCCC4)CCCC2. The fourth-order valence-electron chi connectivity index (χ4n) is 10.4. The molecule has 1 unspecified atom stereocenters. The van der Waals surface area contributed by atoms with Crippen molar-refractivity contribution in [1.29, 1.82) is 0 Å². The lowest BCUT2D eigenvalue weighted by atomic mass is 9.86. The van der Waals surface area contributed by atoms with E-state index >= 15 is 0 Å². The predicted octanol–water partition coefficient (Wildman–Crippen LogP) is 14.7. The zero-order valence-corrected chi connectivity index (χ0v) is 31.0. The van der Waals surface area contributed by atoms with Gasteiger partial charge in [0.05, 0.1) is 11.1 Å². The van der Waals surface area contributed by atoms with Gasteiger partial charge in [-0.25, -0.2) is 0 Å². The van der Waals surface area contributed by atoms with E-state index in [1.807, 2.05) is 0 Å². The molecule has 8 aromatic rings. The van der Waals surface area contributed by atoms with Gasteiger partial charge in [-0.3, -0.25) is 0 Å². The molecule has 8 aromatic carbocycles. The van der Waals surface area contributed by atoms with Gasteiger partial charge in [0.25, 0.3) is 0 Å². The van der Waals surface area contributed by atoms with Gasteiger partial charge in [0, 0.05) is 35.9 Å². The Morgan fingerprint density at radius 3 is 1.57 bits per heavy atom. The third kappa shape index (κ3) is 4.68. The Balaban J connectivity index is 1.19. The number of hydrogen-bond acceptors (Lipinski definition) is 0. The molecule has 54 heavy (non-hydrogen) atoms. The first-order valence-electron chi connectivity index (χ1n) is 20.1. The molecular formula is C53H44N+. The lowest BCUT2D eigenvalue weighted by Crippen LogP contribution is -2.32. The van der Waals surface area contributed by atoms with Crippen LogP contribution in [0.25, 0.3) is 54.9 Å². The highest BCUT2D eigenvalue weighted by Gasteiger charge is 2.49. The van der Waals surface area contributed by atoms with Crippen LogP contribution in [-0.2, 0) is 25.7 Å². The molecule has 0 aromatic heterocycles. The molecule has 11 rings (SSSR count). The van der Waals surface area contributed by atoms with Crippen molar-refractivity contribution in [1.82, 2.24) is 4.48 Å². The maximum atomic E-state index is 2.60. The van der Waals surface area contributed by atoms with Gasteiger partial charge in [0.1, 0.15) is 5.69 Å². The first-order valence-corrected chi connectivity index (χ1v) is 20.1. The topological polar surface area (TPSA) is 0 Å². The third-order valence-electron chi connectivity index (χ3n) is 13.0. The Morgan fingerprint density at radius 1 is 0.370 bits per heavy atom. The van der Waals surface area contributed by atoms with Crippen LogP contribution in [0.1, 0.15) is 53.5 Å². The first kappa shape index (κ1) is 31.7. The predicted molar refractivity (Wildman–Crippen MR) is 229 cm³/mol. The highest BCUT2D eigenvalue weighted by Crippen LogP contribution is 2.64. The molecule has 3 aliphatic rings. The minimum Gasteiger partial charge on any atom is -0.193 e. The Hall–Kier alpha value is -5.76. The lowest BCUT2D eigenvalue weighted by molar-refractivity contribution is 0.678. The quantitative estimate of drug-likeness (QED) is 0.127. The van der Waals surface area contributed by atoms with Crippen LogP contribution >= 0.6 is 0 Å². The van der Waals surface area contributed by atoms with Crippen LogP contribution in [0.2, 0.25) is 0 Å². The van der Waals surface area contributed by atoms with Crippen molar-refractivity contribution in [3.05, 3.63) is 179 Å². The Labute approximate surface area is 318 Å². The highest BCUT2D eigenvalue weighted by atomic mass is 15.4. The molecule has 0 saturated carbocycles. The van der Waals surface area contributed by atoms with Gasteiger partial charge < -0.3 is 0 Å². The van der Waals surface area contributed by atoms with Crippen LogP contribution in [0.3, 0.4) is 0 Å². The largest absolute Gasteiger partial charge is 0.193 e. The molecule has 1 heterocycles. The smallest absolute Gasteiger partial charge is 0.156 e. The van der Waals surface area contributed by atoms with Crippen molar-refractivity contribution in [3.63, 3.8) is 0 Å². The van der Waals surface area contributed by atoms with Crippen LogP contribution < -0.4 is 4.48 Å². The van der Waals surface area contributed by atoms with Gasteiger partial charge in [-0.1, -0.05) is 84.9 Å². The molecule has 0 bridgehead atoms. The summed E-state index contributed by atoms with van der Waals surface area (Å²) in [7, 11) is 0. The molecule has 0 saturated heterocycles. The molecule has 1 atom stereocenters. The van der Waals surface area contributed by atoms with E-state index in [0.29, 0.717) is 4.48 Å². The Morgan fingerprint density at radius 2 is 0.889 bits per heavy atom. The van der Waals surface area contributed by atoms with E-state index in [4.69, 9.17) is 0 Å². The van der Waals surface area contributed by atoms with E-state index in [1.165, 1.54) is 145 Å². The highest BCUT2D eigenvalue weighted by molar-refractivity contribution is 6.14. The fourth-order valence-corrected chi connectivity index (χ4v) is 10.4. The summed E-state index contributed by atoms with van der Waals surface area (Å²) in [6, 6.07) is 58.5. The molecule has 0 amide bonds. The Kier molecular flexibility index (Phi) is 7.29. The van der Waals surface area contributed by atoms with Gasteiger partial charge in [0.15, 0.2) is 17.1 Å². The number of quaternary nitrogens is 1. The van der Waals surface area contributed by atoms with Gasteiger partial charge in [-0.05, 0) is 161 Å². The Bertz CT molecular complexity index is 2790. The second-order valence-electron chi connectivity index (χ2n) is 15.9. The van der Waals surface area contributed by atoms with Crippen molar-refractivity contribution in [2.24, 2.45) is 0 Å². The van der Waals surface area contributed by atoms with Gasteiger partial charge in [0.2, 0.25) is 0 Å². The molecule has 0 radical (unpaired) electrons.